The van der Waals surface area contributed by atoms with E-state index in [1.807, 2.05) is 24.3 Å². The fourth-order valence-electron chi connectivity index (χ4n) is 4.66. The molecule has 26 heavy (non-hydrogen) atoms. The van der Waals surface area contributed by atoms with Gasteiger partial charge in [0, 0.05) is 12.5 Å². The molecule has 2 rings (SSSR count). The van der Waals surface area contributed by atoms with E-state index in [2.05, 4.69) is 41.5 Å². The van der Waals surface area contributed by atoms with Crippen LogP contribution >= 0.6 is 0 Å². The molecule has 1 aliphatic rings. The number of carbonyl (C=O) groups excluding carboxylic acids is 1. The fourth-order valence-corrected chi connectivity index (χ4v) is 10.2. The van der Waals surface area contributed by atoms with E-state index in [9.17, 15) is 4.79 Å². The van der Waals surface area contributed by atoms with Gasteiger partial charge in [-0.25, -0.2) is 0 Å². The highest BCUT2D eigenvalue weighted by Crippen LogP contribution is 2.44. The number of hydrogen-bond donors (Lipinski definition) is 0. The molecule has 1 heterocycles. The van der Waals surface area contributed by atoms with E-state index in [0.717, 1.165) is 11.3 Å². The van der Waals surface area contributed by atoms with Crippen molar-refractivity contribution < 1.29 is 18.7 Å². The molecule has 1 aromatic rings. The molecular weight excluding hydrogens is 344 g/mol. The van der Waals surface area contributed by atoms with Crippen molar-refractivity contribution in [2.75, 3.05) is 13.7 Å². The van der Waals surface area contributed by atoms with Crippen LogP contribution in [0.25, 0.3) is 0 Å². The first-order valence-corrected chi connectivity index (χ1v) is 11.8. The van der Waals surface area contributed by atoms with Gasteiger partial charge in [-0.3, -0.25) is 4.79 Å². The summed E-state index contributed by atoms with van der Waals surface area (Å²) < 4.78 is 17.7. The summed E-state index contributed by atoms with van der Waals surface area (Å²) in [4.78, 5) is 12.0. The summed E-state index contributed by atoms with van der Waals surface area (Å²) in [7, 11) is -0.310. The van der Waals surface area contributed by atoms with Gasteiger partial charge in [0.25, 0.3) is 0 Å². The SMILES string of the molecule is COc1cccc([C@@H]2OC(=O)C[C@@H]2CO[Si](C(C)C)(C(C)C)C(C)C)c1. The first-order chi connectivity index (χ1) is 12.2. The van der Waals surface area contributed by atoms with Crippen LogP contribution in [0.3, 0.4) is 0 Å². The van der Waals surface area contributed by atoms with Crippen molar-refractivity contribution in [1.82, 2.24) is 0 Å². The molecule has 2 atom stereocenters. The summed E-state index contributed by atoms with van der Waals surface area (Å²) in [6.07, 6.45) is 0.163. The van der Waals surface area contributed by atoms with E-state index in [1.54, 1.807) is 7.11 Å². The van der Waals surface area contributed by atoms with E-state index in [0.29, 0.717) is 29.7 Å². The number of ether oxygens (including phenoxy) is 2. The Balaban J connectivity index is 2.21. The largest absolute Gasteiger partial charge is 0.497 e. The normalized spacial score (nSPS) is 20.9. The summed E-state index contributed by atoms with van der Waals surface area (Å²) >= 11 is 0. The van der Waals surface area contributed by atoms with Gasteiger partial charge in [-0.2, -0.15) is 0 Å². The highest BCUT2D eigenvalue weighted by molar-refractivity contribution is 6.77. The fraction of sp³-hybridized carbons (Fsp3) is 0.667. The molecule has 146 valence electrons. The Labute approximate surface area is 159 Å². The number of esters is 1. The van der Waals surface area contributed by atoms with Crippen molar-refractivity contribution in [3.8, 4) is 5.75 Å². The lowest BCUT2D eigenvalue weighted by Gasteiger charge is -2.43. The molecule has 0 amide bonds. The molecule has 0 unspecified atom stereocenters. The zero-order chi connectivity index (χ0) is 19.5. The smallest absolute Gasteiger partial charge is 0.306 e. The highest BCUT2D eigenvalue weighted by atomic mass is 28.4. The quantitative estimate of drug-likeness (QED) is 0.443. The van der Waals surface area contributed by atoms with E-state index >= 15 is 0 Å². The standard InChI is InChI=1S/C21H34O4Si/c1-14(2)26(15(3)4,16(5)6)24-13-18-12-20(22)25-21(18)17-9-8-10-19(11-17)23-7/h8-11,14-16,18,21H,12-13H2,1-7H3/t18-,21+/m1/s1. The topological polar surface area (TPSA) is 44.8 Å². The Hall–Kier alpha value is -1.33. The Kier molecular flexibility index (Phi) is 6.91. The van der Waals surface area contributed by atoms with Gasteiger partial charge in [-0.15, -0.1) is 0 Å². The Bertz CT molecular complexity index is 590. The zero-order valence-electron chi connectivity index (χ0n) is 17.2. The van der Waals surface area contributed by atoms with Crippen LogP contribution in [0.4, 0.5) is 0 Å². The third-order valence-electron chi connectivity index (χ3n) is 5.79. The molecule has 1 saturated heterocycles. The number of benzene rings is 1. The molecule has 0 saturated carbocycles. The lowest BCUT2D eigenvalue weighted by molar-refractivity contribution is -0.141. The molecule has 0 bridgehead atoms. The van der Waals surface area contributed by atoms with Gasteiger partial charge < -0.3 is 13.9 Å². The van der Waals surface area contributed by atoms with Crippen molar-refractivity contribution >= 4 is 14.3 Å². The summed E-state index contributed by atoms with van der Waals surface area (Å²) in [5.41, 5.74) is 2.55. The second kappa shape index (κ2) is 8.57. The Morgan fingerprint density at radius 3 is 2.27 bits per heavy atom. The van der Waals surface area contributed by atoms with Crippen LogP contribution in [-0.2, 0) is 14.0 Å². The average Bonchev–Trinajstić information content (AvgIpc) is 2.95. The second-order valence-electron chi connectivity index (χ2n) is 8.28. The van der Waals surface area contributed by atoms with Gasteiger partial charge in [0.1, 0.15) is 11.9 Å². The minimum Gasteiger partial charge on any atom is -0.497 e. The second-order valence-corrected chi connectivity index (χ2v) is 13.7. The maximum absolute atomic E-state index is 12.0. The van der Waals surface area contributed by atoms with Crippen LogP contribution in [0.1, 0.15) is 59.6 Å². The number of rotatable bonds is 8. The molecule has 1 aliphatic heterocycles. The summed E-state index contributed by atoms with van der Waals surface area (Å²) in [5, 5.41) is 0. The third-order valence-corrected chi connectivity index (χ3v) is 11.9. The molecule has 0 spiro atoms. The molecule has 1 fully saturated rings. The number of methoxy groups -OCH3 is 1. The predicted molar refractivity (Wildman–Crippen MR) is 107 cm³/mol. The Morgan fingerprint density at radius 1 is 1.12 bits per heavy atom. The minimum atomic E-state index is -1.96. The van der Waals surface area contributed by atoms with Crippen LogP contribution in [-0.4, -0.2) is 28.0 Å². The first-order valence-electron chi connectivity index (χ1n) is 9.69. The highest BCUT2D eigenvalue weighted by Gasteiger charge is 2.47. The number of hydrogen-bond acceptors (Lipinski definition) is 4. The van der Waals surface area contributed by atoms with E-state index in [4.69, 9.17) is 13.9 Å². The maximum Gasteiger partial charge on any atom is 0.306 e. The van der Waals surface area contributed by atoms with Crippen molar-refractivity contribution in [3.63, 3.8) is 0 Å². The van der Waals surface area contributed by atoms with Crippen molar-refractivity contribution in [3.05, 3.63) is 29.8 Å². The van der Waals surface area contributed by atoms with Gasteiger partial charge in [0.2, 0.25) is 0 Å². The minimum absolute atomic E-state index is 0.0535. The lowest BCUT2D eigenvalue weighted by atomic mass is 9.96. The molecule has 1 aromatic carbocycles. The summed E-state index contributed by atoms with van der Waals surface area (Å²) in [6, 6.07) is 7.79. The summed E-state index contributed by atoms with van der Waals surface area (Å²) in [6.45, 7) is 14.3. The molecule has 0 N–H and O–H groups in total. The lowest BCUT2D eigenvalue weighted by Crippen LogP contribution is -2.48. The van der Waals surface area contributed by atoms with Crippen LogP contribution < -0.4 is 4.74 Å². The van der Waals surface area contributed by atoms with Crippen molar-refractivity contribution in [2.45, 2.75) is 70.7 Å². The number of carbonyl (C=O) groups is 1. The predicted octanol–water partition coefficient (Wildman–Crippen LogP) is 5.49. The van der Waals surface area contributed by atoms with Gasteiger partial charge in [0.05, 0.1) is 13.5 Å². The monoisotopic (exact) mass is 378 g/mol. The molecule has 0 radical (unpaired) electrons. The van der Waals surface area contributed by atoms with E-state index in [-0.39, 0.29) is 18.0 Å². The third kappa shape index (κ3) is 4.15. The molecule has 4 nitrogen and oxygen atoms in total. The van der Waals surface area contributed by atoms with Crippen LogP contribution in [0.15, 0.2) is 24.3 Å². The van der Waals surface area contributed by atoms with Gasteiger partial charge in [0.15, 0.2) is 8.32 Å². The molecular formula is C21H34O4Si. The van der Waals surface area contributed by atoms with Crippen LogP contribution in [0.2, 0.25) is 16.6 Å². The van der Waals surface area contributed by atoms with Crippen molar-refractivity contribution in [2.24, 2.45) is 5.92 Å². The van der Waals surface area contributed by atoms with Gasteiger partial charge in [-0.1, -0.05) is 53.7 Å². The number of cyclic esters (lactones) is 1. The Morgan fingerprint density at radius 2 is 1.73 bits per heavy atom. The van der Waals surface area contributed by atoms with E-state index in [1.165, 1.54) is 0 Å². The summed E-state index contributed by atoms with van der Waals surface area (Å²) in [5.74, 6) is 0.690. The van der Waals surface area contributed by atoms with Crippen LogP contribution in [0, 0.1) is 5.92 Å². The van der Waals surface area contributed by atoms with E-state index < -0.39 is 8.32 Å². The maximum atomic E-state index is 12.0. The zero-order valence-corrected chi connectivity index (χ0v) is 18.2. The average molecular weight is 379 g/mol. The van der Waals surface area contributed by atoms with Gasteiger partial charge in [-0.05, 0) is 34.3 Å². The molecule has 0 aliphatic carbocycles. The van der Waals surface area contributed by atoms with Crippen molar-refractivity contribution in [1.29, 1.82) is 0 Å². The molecule has 5 heteroatoms. The van der Waals surface area contributed by atoms with Crippen LogP contribution in [0.5, 0.6) is 5.75 Å². The molecule has 0 aromatic heterocycles. The van der Waals surface area contributed by atoms with Gasteiger partial charge >= 0.3 is 5.97 Å². The first kappa shape index (κ1) is 21.0.